The van der Waals surface area contributed by atoms with E-state index in [2.05, 4.69) is 50.5 Å². The average molecular weight is 527 g/mol. The Morgan fingerprint density at radius 1 is 1.21 bits per heavy atom. The highest BCUT2D eigenvalue weighted by Gasteiger charge is 2.48. The minimum absolute atomic E-state index is 0.0472. The summed E-state index contributed by atoms with van der Waals surface area (Å²) in [5, 5.41) is 4.99. The number of nitrogens with one attached hydrogen (secondary N) is 2. The molecule has 2 fully saturated rings. The van der Waals surface area contributed by atoms with Crippen molar-refractivity contribution in [3.05, 3.63) is 40.6 Å². The molecule has 2 amide bonds. The molecule has 1 saturated carbocycles. The van der Waals surface area contributed by atoms with E-state index in [1.165, 1.54) is 13.5 Å². The predicted molar refractivity (Wildman–Crippen MR) is 135 cm³/mol. The van der Waals surface area contributed by atoms with Gasteiger partial charge in [0, 0.05) is 15.9 Å². The first-order valence-corrected chi connectivity index (χ1v) is 12.9. The maximum Gasteiger partial charge on any atom is 0.407 e. The number of hydrogen-bond acceptors (Lipinski definition) is 4. The van der Waals surface area contributed by atoms with E-state index in [-0.39, 0.29) is 23.9 Å². The summed E-state index contributed by atoms with van der Waals surface area (Å²) in [6.07, 6.45) is 4.75. The van der Waals surface area contributed by atoms with Gasteiger partial charge in [-0.3, -0.25) is 4.79 Å². The van der Waals surface area contributed by atoms with Crippen molar-refractivity contribution in [1.29, 1.82) is 0 Å². The van der Waals surface area contributed by atoms with Crippen LogP contribution in [0.2, 0.25) is 0 Å². The number of amides is 2. The van der Waals surface area contributed by atoms with Crippen molar-refractivity contribution in [3.8, 4) is 0 Å². The average Bonchev–Trinajstić information content (AvgIpc) is 3.43. The zero-order valence-corrected chi connectivity index (χ0v) is 21.4. The summed E-state index contributed by atoms with van der Waals surface area (Å²) in [6.45, 7) is 3.90. The molecule has 4 atom stereocenters. The number of alkyl carbamates (subject to hydrolysis) is 1. The van der Waals surface area contributed by atoms with Gasteiger partial charge in [-0.1, -0.05) is 54.8 Å². The van der Waals surface area contributed by atoms with Crippen LogP contribution in [0.1, 0.15) is 57.8 Å². The third-order valence-corrected chi connectivity index (χ3v) is 7.99. The summed E-state index contributed by atoms with van der Waals surface area (Å²) in [5.41, 5.74) is 1.90. The van der Waals surface area contributed by atoms with Crippen LogP contribution in [-0.4, -0.2) is 46.1 Å². The van der Waals surface area contributed by atoms with Crippen molar-refractivity contribution in [2.45, 2.75) is 64.1 Å². The zero-order valence-electron chi connectivity index (χ0n) is 19.8. The van der Waals surface area contributed by atoms with Crippen LogP contribution in [0.25, 0.3) is 21.8 Å². The molecule has 180 valence electrons. The van der Waals surface area contributed by atoms with E-state index in [0.717, 1.165) is 57.8 Å². The second-order valence-electron chi connectivity index (χ2n) is 9.92. The highest BCUT2D eigenvalue weighted by atomic mass is 79.9. The third kappa shape index (κ3) is 4.06. The number of rotatable bonds is 4. The molecule has 0 bridgehead atoms. The molecule has 1 aliphatic heterocycles. The van der Waals surface area contributed by atoms with E-state index < -0.39 is 12.1 Å². The van der Waals surface area contributed by atoms with Gasteiger partial charge in [0.2, 0.25) is 5.91 Å². The van der Waals surface area contributed by atoms with Gasteiger partial charge < -0.3 is 19.9 Å². The van der Waals surface area contributed by atoms with Crippen LogP contribution < -0.4 is 5.32 Å². The first-order chi connectivity index (χ1) is 16.4. The Kier molecular flexibility index (Phi) is 6.27. The molecule has 2 aromatic carbocycles. The third-order valence-electron chi connectivity index (χ3n) is 7.50. The summed E-state index contributed by atoms with van der Waals surface area (Å²) in [5.74, 6) is 1.17. The topological polar surface area (TPSA) is 87.3 Å². The molecule has 2 N–H and O–H groups in total. The predicted octanol–water partition coefficient (Wildman–Crippen LogP) is 5.69. The number of hydrogen-bond donors (Lipinski definition) is 2. The molecule has 3 aromatic rings. The number of imidazole rings is 1. The molecule has 1 saturated heterocycles. The van der Waals surface area contributed by atoms with Crippen molar-refractivity contribution in [3.63, 3.8) is 0 Å². The zero-order chi connectivity index (χ0) is 24.0. The summed E-state index contributed by atoms with van der Waals surface area (Å²) in [6, 6.07) is 9.75. The number of carbonyl (C=O) groups is 2. The lowest BCUT2D eigenvalue weighted by atomic mass is 9.84. The van der Waals surface area contributed by atoms with Gasteiger partial charge in [-0.25, -0.2) is 9.78 Å². The molecular formula is C26H31BrN4O3. The Morgan fingerprint density at radius 2 is 2.00 bits per heavy atom. The number of likely N-dealkylation sites (tertiary alicyclic amines) is 1. The lowest BCUT2D eigenvalue weighted by Crippen LogP contribution is -2.53. The van der Waals surface area contributed by atoms with Gasteiger partial charge >= 0.3 is 6.09 Å². The summed E-state index contributed by atoms with van der Waals surface area (Å²) in [4.78, 5) is 36.6. The van der Waals surface area contributed by atoms with Gasteiger partial charge in [-0.05, 0) is 54.7 Å². The van der Waals surface area contributed by atoms with Crippen molar-refractivity contribution in [2.24, 2.45) is 11.8 Å². The van der Waals surface area contributed by atoms with E-state index in [1.54, 1.807) is 0 Å². The fourth-order valence-corrected chi connectivity index (χ4v) is 6.21. The molecule has 2 aliphatic rings. The van der Waals surface area contributed by atoms with Crippen LogP contribution in [0.3, 0.4) is 0 Å². The van der Waals surface area contributed by atoms with Gasteiger partial charge in [0.05, 0.1) is 24.2 Å². The first kappa shape index (κ1) is 23.1. The summed E-state index contributed by atoms with van der Waals surface area (Å²) in [7, 11) is 1.32. The fourth-order valence-electron chi connectivity index (χ4n) is 5.83. The molecule has 8 heteroatoms. The van der Waals surface area contributed by atoms with Gasteiger partial charge in [-0.2, -0.15) is 0 Å². The Morgan fingerprint density at radius 3 is 2.76 bits per heavy atom. The number of aromatic nitrogens is 2. The number of fused-ring (bicyclic) bond motifs is 4. The van der Waals surface area contributed by atoms with E-state index in [0.29, 0.717) is 5.92 Å². The largest absolute Gasteiger partial charge is 0.453 e. The molecule has 1 aromatic heterocycles. The quantitative estimate of drug-likeness (QED) is 0.456. The molecule has 0 spiro atoms. The highest BCUT2D eigenvalue weighted by Crippen LogP contribution is 2.46. The van der Waals surface area contributed by atoms with Crippen molar-refractivity contribution >= 4 is 49.7 Å². The lowest BCUT2D eigenvalue weighted by Gasteiger charge is -2.36. The van der Waals surface area contributed by atoms with Crippen LogP contribution in [0.4, 0.5) is 4.79 Å². The molecule has 0 radical (unpaired) electrons. The van der Waals surface area contributed by atoms with Crippen LogP contribution in [0, 0.1) is 11.8 Å². The van der Waals surface area contributed by atoms with E-state index in [9.17, 15) is 9.59 Å². The number of ether oxygens (including phenoxy) is 1. The van der Waals surface area contributed by atoms with E-state index in [4.69, 9.17) is 9.72 Å². The Labute approximate surface area is 207 Å². The SMILES string of the molecule is COC(=O)N[C@H](C(=O)N1[C@H](c2nc3c(ccc4cc(Br)ccc43)[nH]2)C[C@@H]2CCCC[C@@H]21)C(C)C. The number of nitrogens with zero attached hydrogens (tertiary/aromatic N) is 2. The van der Waals surface area contributed by atoms with Crippen LogP contribution in [0.15, 0.2) is 34.8 Å². The molecular weight excluding hydrogens is 496 g/mol. The smallest absolute Gasteiger partial charge is 0.407 e. The van der Waals surface area contributed by atoms with E-state index >= 15 is 0 Å². The molecule has 34 heavy (non-hydrogen) atoms. The van der Waals surface area contributed by atoms with Gasteiger partial charge in [-0.15, -0.1) is 0 Å². The Hall–Kier alpha value is -2.61. The standard InChI is InChI=1S/C26H31BrN4O3/c1-14(2)22(30-26(33)34-3)25(32)31-20-7-5-4-6-16(20)13-21(31)24-28-19-11-8-15-12-17(27)9-10-18(15)23(19)29-24/h8-12,14,16,20-22H,4-7,13H2,1-3H3,(H,28,29)(H,30,33)/t16-,20-,21-,22-/m0/s1. The normalized spacial score (nSPS) is 23.3. The van der Waals surface area contributed by atoms with Crippen molar-refractivity contribution in [2.75, 3.05) is 7.11 Å². The van der Waals surface area contributed by atoms with E-state index in [1.807, 2.05) is 24.8 Å². The number of carbonyl (C=O) groups excluding carboxylic acids is 2. The molecule has 0 unspecified atom stereocenters. The van der Waals surface area contributed by atoms with Crippen LogP contribution >= 0.6 is 15.9 Å². The number of H-pyrrole nitrogens is 1. The summed E-state index contributed by atoms with van der Waals surface area (Å²) < 4.78 is 5.84. The van der Waals surface area contributed by atoms with Crippen LogP contribution in [-0.2, 0) is 9.53 Å². The van der Waals surface area contributed by atoms with Gasteiger partial charge in [0.15, 0.2) is 0 Å². The Balaban J connectivity index is 1.56. The van der Waals surface area contributed by atoms with Gasteiger partial charge in [0.25, 0.3) is 0 Å². The number of methoxy groups -OCH3 is 1. The minimum atomic E-state index is -0.641. The fraction of sp³-hybridized carbons (Fsp3) is 0.500. The highest BCUT2D eigenvalue weighted by molar-refractivity contribution is 9.10. The van der Waals surface area contributed by atoms with Crippen LogP contribution in [0.5, 0.6) is 0 Å². The monoisotopic (exact) mass is 526 g/mol. The molecule has 1 aliphatic carbocycles. The molecule has 5 rings (SSSR count). The number of halogens is 1. The number of benzene rings is 2. The van der Waals surface area contributed by atoms with Crippen molar-refractivity contribution < 1.29 is 14.3 Å². The molecule has 7 nitrogen and oxygen atoms in total. The first-order valence-electron chi connectivity index (χ1n) is 12.1. The maximum absolute atomic E-state index is 14.0. The lowest BCUT2D eigenvalue weighted by molar-refractivity contribution is -0.138. The van der Waals surface area contributed by atoms with Gasteiger partial charge in [0.1, 0.15) is 11.9 Å². The summed E-state index contributed by atoms with van der Waals surface area (Å²) >= 11 is 3.55. The second kappa shape index (κ2) is 9.21. The maximum atomic E-state index is 14.0. The number of aromatic amines is 1. The Bertz CT molecular complexity index is 1240. The second-order valence-corrected chi connectivity index (χ2v) is 10.8. The molecule has 2 heterocycles. The van der Waals surface area contributed by atoms with Crippen molar-refractivity contribution in [1.82, 2.24) is 20.2 Å². The minimum Gasteiger partial charge on any atom is -0.453 e.